The Kier molecular flexibility index (Phi) is 7.49. The number of rotatable bonds is 8. The third kappa shape index (κ3) is 5.08. The van der Waals surface area contributed by atoms with Crippen molar-refractivity contribution in [3.05, 3.63) is 89.2 Å². The highest BCUT2D eigenvalue weighted by atomic mass is 32.2. The third-order valence-corrected chi connectivity index (χ3v) is 6.98. The molecule has 6 nitrogen and oxygen atoms in total. The maximum absolute atomic E-state index is 13.6. The van der Waals surface area contributed by atoms with Gasteiger partial charge in [-0.2, -0.15) is 0 Å². The molecule has 0 saturated heterocycles. The number of benzene rings is 3. The van der Waals surface area contributed by atoms with E-state index >= 15 is 0 Å². The first-order valence-corrected chi connectivity index (χ1v) is 12.2. The molecule has 0 fully saturated rings. The monoisotopic (exact) mass is 480 g/mol. The summed E-state index contributed by atoms with van der Waals surface area (Å²) in [5.41, 5.74) is 1.79. The molecule has 1 aliphatic heterocycles. The summed E-state index contributed by atoms with van der Waals surface area (Å²) in [6.45, 7) is 3.67. The van der Waals surface area contributed by atoms with Gasteiger partial charge in [-0.1, -0.05) is 24.3 Å². The van der Waals surface area contributed by atoms with Gasteiger partial charge in [-0.3, -0.25) is 9.59 Å². The van der Waals surface area contributed by atoms with Gasteiger partial charge < -0.3 is 15.0 Å². The van der Waals surface area contributed by atoms with E-state index in [2.05, 4.69) is 5.32 Å². The zero-order valence-corrected chi connectivity index (χ0v) is 19.6. The molecule has 0 radical (unpaired) electrons. The minimum Gasteiger partial charge on any atom is -0.382 e. The SMILES string of the molecule is CCOCCCNC(=O)c1ccc2c(c1)N(Cc1ccc(F)cc1)C(=O)c1ccccc1[S@]2=O. The summed E-state index contributed by atoms with van der Waals surface area (Å²) in [4.78, 5) is 28.7. The number of anilines is 1. The summed E-state index contributed by atoms with van der Waals surface area (Å²) in [6, 6.07) is 17.5. The number of ether oxygens (including phenoxy) is 1. The van der Waals surface area contributed by atoms with Crippen LogP contribution in [0.2, 0.25) is 0 Å². The molecular weight excluding hydrogens is 455 g/mol. The van der Waals surface area contributed by atoms with Crippen LogP contribution in [-0.4, -0.2) is 35.8 Å². The average Bonchev–Trinajstić information content (AvgIpc) is 2.94. The van der Waals surface area contributed by atoms with Gasteiger partial charge in [0.2, 0.25) is 0 Å². The molecule has 0 aliphatic carbocycles. The average molecular weight is 481 g/mol. The van der Waals surface area contributed by atoms with Crippen LogP contribution in [0.25, 0.3) is 0 Å². The van der Waals surface area contributed by atoms with Crippen molar-refractivity contribution in [2.24, 2.45) is 0 Å². The number of hydrogen-bond donors (Lipinski definition) is 1. The van der Waals surface area contributed by atoms with E-state index in [9.17, 15) is 18.2 Å². The standard InChI is InChI=1S/C26H25FN2O4S/c1-2-33-15-5-14-28-25(30)19-10-13-24-22(16-19)29(17-18-8-11-20(27)12-9-18)26(31)21-6-3-4-7-23(21)34(24)32/h3-4,6-13,16H,2,5,14-15,17H2,1H3,(H,28,30)/t34-/m1/s1. The zero-order valence-electron chi connectivity index (χ0n) is 18.8. The first-order valence-electron chi connectivity index (χ1n) is 11.1. The Morgan fingerprint density at radius 3 is 2.59 bits per heavy atom. The number of carbonyl (C=O) groups is 2. The highest BCUT2D eigenvalue weighted by Gasteiger charge is 2.31. The second-order valence-corrected chi connectivity index (χ2v) is 9.19. The normalized spacial score (nSPS) is 14.8. The first-order chi connectivity index (χ1) is 16.5. The molecule has 0 bridgehead atoms. The predicted octanol–water partition coefficient (Wildman–Crippen LogP) is 4.31. The van der Waals surface area contributed by atoms with Gasteiger partial charge >= 0.3 is 0 Å². The lowest BCUT2D eigenvalue weighted by Gasteiger charge is -2.23. The number of fused-ring (bicyclic) bond motifs is 2. The number of nitrogens with zero attached hydrogens (tertiary/aromatic N) is 1. The van der Waals surface area contributed by atoms with Gasteiger partial charge in [0.25, 0.3) is 11.8 Å². The molecule has 1 aliphatic rings. The quantitative estimate of drug-likeness (QED) is 0.488. The fourth-order valence-corrected chi connectivity index (χ4v) is 5.10. The van der Waals surface area contributed by atoms with Crippen LogP contribution < -0.4 is 10.2 Å². The number of nitrogens with one attached hydrogen (secondary N) is 1. The molecule has 34 heavy (non-hydrogen) atoms. The molecule has 1 heterocycles. The van der Waals surface area contributed by atoms with Gasteiger partial charge in [-0.25, -0.2) is 8.60 Å². The molecule has 4 rings (SSSR count). The Hall–Kier alpha value is -3.36. The fourth-order valence-electron chi connectivity index (χ4n) is 3.76. The van der Waals surface area contributed by atoms with Crippen molar-refractivity contribution in [2.75, 3.05) is 24.7 Å². The van der Waals surface area contributed by atoms with E-state index in [1.165, 1.54) is 17.0 Å². The van der Waals surface area contributed by atoms with Crippen molar-refractivity contribution >= 4 is 28.3 Å². The van der Waals surface area contributed by atoms with Crippen LogP contribution in [0, 0.1) is 5.82 Å². The minimum atomic E-state index is -1.61. The van der Waals surface area contributed by atoms with E-state index < -0.39 is 10.8 Å². The van der Waals surface area contributed by atoms with Crippen LogP contribution in [0.1, 0.15) is 39.6 Å². The van der Waals surface area contributed by atoms with Crippen LogP contribution in [0.4, 0.5) is 10.1 Å². The molecule has 0 spiro atoms. The molecular formula is C26H25FN2O4S. The van der Waals surface area contributed by atoms with Gasteiger partial charge in [0.05, 0.1) is 38.4 Å². The second kappa shape index (κ2) is 10.7. The Morgan fingerprint density at radius 1 is 1.06 bits per heavy atom. The number of amides is 2. The summed E-state index contributed by atoms with van der Waals surface area (Å²) in [6.07, 6.45) is 0.680. The molecule has 3 aromatic rings. The van der Waals surface area contributed by atoms with Gasteiger partial charge in [0.1, 0.15) is 5.82 Å². The van der Waals surface area contributed by atoms with Gasteiger partial charge in [-0.05, 0) is 61.4 Å². The second-order valence-electron chi connectivity index (χ2n) is 7.77. The van der Waals surface area contributed by atoms with E-state index in [-0.39, 0.29) is 24.2 Å². The molecule has 0 saturated carbocycles. The van der Waals surface area contributed by atoms with E-state index in [4.69, 9.17) is 4.74 Å². The van der Waals surface area contributed by atoms with Crippen molar-refractivity contribution in [1.82, 2.24) is 5.32 Å². The van der Waals surface area contributed by atoms with Crippen LogP contribution in [0.3, 0.4) is 0 Å². The summed E-state index contributed by atoms with van der Waals surface area (Å²) >= 11 is 0. The zero-order chi connectivity index (χ0) is 24.1. The predicted molar refractivity (Wildman–Crippen MR) is 128 cm³/mol. The molecule has 0 unspecified atom stereocenters. The Labute approximate surface area is 200 Å². The first kappa shape index (κ1) is 23.8. The van der Waals surface area contributed by atoms with Gasteiger partial charge in [-0.15, -0.1) is 0 Å². The number of carbonyl (C=O) groups excluding carboxylic acids is 2. The van der Waals surface area contributed by atoms with Crippen LogP contribution in [0.5, 0.6) is 0 Å². The van der Waals surface area contributed by atoms with Crippen LogP contribution in [0.15, 0.2) is 76.5 Å². The maximum atomic E-state index is 13.6. The molecule has 1 atom stereocenters. The summed E-state index contributed by atoms with van der Waals surface area (Å²) in [7, 11) is -1.61. The van der Waals surface area contributed by atoms with Crippen LogP contribution >= 0.6 is 0 Å². The molecule has 1 N–H and O–H groups in total. The van der Waals surface area contributed by atoms with Crippen LogP contribution in [-0.2, 0) is 22.1 Å². The lowest BCUT2D eigenvalue weighted by molar-refractivity contribution is 0.0941. The number of hydrogen-bond acceptors (Lipinski definition) is 4. The maximum Gasteiger partial charge on any atom is 0.259 e. The molecule has 8 heteroatoms. The van der Waals surface area contributed by atoms with Crippen molar-refractivity contribution in [3.63, 3.8) is 0 Å². The van der Waals surface area contributed by atoms with E-state index in [0.29, 0.717) is 58.3 Å². The molecule has 0 aromatic heterocycles. The fraction of sp³-hybridized carbons (Fsp3) is 0.231. The Morgan fingerprint density at radius 2 is 1.82 bits per heavy atom. The smallest absolute Gasteiger partial charge is 0.259 e. The highest BCUT2D eigenvalue weighted by Crippen LogP contribution is 2.36. The van der Waals surface area contributed by atoms with Crippen molar-refractivity contribution in [3.8, 4) is 0 Å². The molecule has 176 valence electrons. The topological polar surface area (TPSA) is 75.7 Å². The van der Waals surface area contributed by atoms with E-state index in [0.717, 1.165) is 0 Å². The summed E-state index contributed by atoms with van der Waals surface area (Å²) in [5.74, 6) is -0.997. The highest BCUT2D eigenvalue weighted by molar-refractivity contribution is 7.85. The summed E-state index contributed by atoms with van der Waals surface area (Å²) in [5, 5.41) is 2.85. The Bertz CT molecular complexity index is 1230. The van der Waals surface area contributed by atoms with Gasteiger partial charge in [0, 0.05) is 25.3 Å². The van der Waals surface area contributed by atoms with E-state index in [1.807, 2.05) is 6.92 Å². The lowest BCUT2D eigenvalue weighted by atomic mass is 10.1. The lowest BCUT2D eigenvalue weighted by Crippen LogP contribution is -2.31. The third-order valence-electron chi connectivity index (χ3n) is 5.48. The minimum absolute atomic E-state index is 0.136. The summed E-state index contributed by atoms with van der Waals surface area (Å²) < 4.78 is 32.2. The van der Waals surface area contributed by atoms with Crippen molar-refractivity contribution < 1.29 is 22.9 Å². The number of halogens is 1. The molecule has 3 aromatic carbocycles. The largest absolute Gasteiger partial charge is 0.382 e. The van der Waals surface area contributed by atoms with E-state index in [1.54, 1.807) is 54.6 Å². The Balaban J connectivity index is 1.70. The van der Waals surface area contributed by atoms with Crippen molar-refractivity contribution in [1.29, 1.82) is 0 Å². The molecule has 2 amide bonds. The van der Waals surface area contributed by atoms with Crippen molar-refractivity contribution in [2.45, 2.75) is 29.7 Å². The van der Waals surface area contributed by atoms with Gasteiger partial charge in [0.15, 0.2) is 0 Å².